The minimum absolute atomic E-state index is 0.197. The lowest BCUT2D eigenvalue weighted by atomic mass is 10.0. The summed E-state index contributed by atoms with van der Waals surface area (Å²) in [5.41, 5.74) is 1.14. The number of rotatable bonds is 4. The van der Waals surface area contributed by atoms with Gasteiger partial charge in [-0.3, -0.25) is 0 Å². The van der Waals surface area contributed by atoms with Crippen molar-refractivity contribution in [2.75, 3.05) is 11.9 Å². The van der Waals surface area contributed by atoms with Gasteiger partial charge in [-0.25, -0.2) is 4.79 Å². The number of carbonyl (C=O) groups is 1. The molecule has 1 aromatic rings. The largest absolute Gasteiger partial charge is 0.478 e. The van der Waals surface area contributed by atoms with Crippen molar-refractivity contribution in [3.05, 3.63) is 28.2 Å². The van der Waals surface area contributed by atoms with E-state index >= 15 is 0 Å². The normalized spacial score (nSPS) is 23.0. The van der Waals surface area contributed by atoms with E-state index in [0.29, 0.717) is 0 Å². The summed E-state index contributed by atoms with van der Waals surface area (Å²) in [6.07, 6.45) is 3.20. The molecule has 1 aliphatic carbocycles. The maximum atomic E-state index is 10.8. The van der Waals surface area contributed by atoms with Crippen LogP contribution in [0.5, 0.6) is 0 Å². The Bertz CT molecular complexity index is 450. The summed E-state index contributed by atoms with van der Waals surface area (Å²) in [4.78, 5) is 10.8. The summed E-state index contributed by atoms with van der Waals surface area (Å²) in [5, 5.41) is 21.5. The van der Waals surface area contributed by atoms with Crippen molar-refractivity contribution in [2.24, 2.45) is 5.92 Å². The second-order valence-electron chi connectivity index (χ2n) is 4.62. The highest BCUT2D eigenvalue weighted by Crippen LogP contribution is 2.31. The molecule has 0 aromatic heterocycles. The second kappa shape index (κ2) is 5.71. The highest BCUT2D eigenvalue weighted by atomic mass is 79.9. The van der Waals surface area contributed by atoms with Crippen molar-refractivity contribution in [2.45, 2.75) is 25.3 Å². The second-order valence-corrected chi connectivity index (χ2v) is 5.48. The number of carboxylic acid groups (broad SMARTS) is 1. The predicted octanol–water partition coefficient (Wildman–Crippen LogP) is 2.72. The van der Waals surface area contributed by atoms with Crippen LogP contribution < -0.4 is 5.32 Å². The van der Waals surface area contributed by atoms with E-state index in [2.05, 4.69) is 21.2 Å². The van der Waals surface area contributed by atoms with Crippen molar-refractivity contribution in [1.82, 2.24) is 0 Å². The number of benzene rings is 1. The van der Waals surface area contributed by atoms with Crippen LogP contribution in [0.25, 0.3) is 0 Å². The lowest BCUT2D eigenvalue weighted by Crippen LogP contribution is -2.26. The van der Waals surface area contributed by atoms with Crippen LogP contribution in [0.2, 0.25) is 0 Å². The number of carboxylic acids is 1. The third-order valence-electron chi connectivity index (χ3n) is 3.45. The van der Waals surface area contributed by atoms with Crippen LogP contribution >= 0.6 is 15.9 Å². The number of aliphatic hydroxyl groups is 1. The fraction of sp³-hybridized carbons (Fsp3) is 0.462. The molecule has 3 N–H and O–H groups in total. The Morgan fingerprint density at radius 3 is 2.83 bits per heavy atom. The van der Waals surface area contributed by atoms with Gasteiger partial charge in [-0.05, 0) is 47.0 Å². The first kappa shape index (κ1) is 13.4. The summed E-state index contributed by atoms with van der Waals surface area (Å²) in [6, 6.07) is 5.20. The molecule has 4 nitrogen and oxygen atoms in total. The van der Waals surface area contributed by atoms with E-state index in [-0.39, 0.29) is 24.1 Å². The lowest BCUT2D eigenvalue weighted by Gasteiger charge is -2.21. The van der Waals surface area contributed by atoms with E-state index in [1.807, 2.05) is 0 Å². The Balaban J connectivity index is 2.12. The highest BCUT2D eigenvalue weighted by Gasteiger charge is 2.26. The van der Waals surface area contributed by atoms with E-state index in [1.165, 1.54) is 0 Å². The molecular weight excluding hydrogens is 298 g/mol. The number of aromatic carboxylic acids is 1. The van der Waals surface area contributed by atoms with E-state index in [1.54, 1.807) is 18.2 Å². The van der Waals surface area contributed by atoms with Crippen LogP contribution in [0.4, 0.5) is 5.69 Å². The smallest absolute Gasteiger partial charge is 0.335 e. The summed E-state index contributed by atoms with van der Waals surface area (Å²) >= 11 is 3.38. The Hall–Kier alpha value is -1.07. The van der Waals surface area contributed by atoms with Crippen LogP contribution in [0.1, 0.15) is 29.6 Å². The van der Waals surface area contributed by atoms with Gasteiger partial charge in [0, 0.05) is 28.7 Å². The molecule has 0 bridgehead atoms. The van der Waals surface area contributed by atoms with Gasteiger partial charge in [-0.15, -0.1) is 0 Å². The van der Waals surface area contributed by atoms with Gasteiger partial charge < -0.3 is 15.5 Å². The number of hydrogen-bond donors (Lipinski definition) is 3. The highest BCUT2D eigenvalue weighted by molar-refractivity contribution is 9.10. The Kier molecular flexibility index (Phi) is 4.24. The first-order chi connectivity index (χ1) is 8.61. The van der Waals surface area contributed by atoms with Crippen LogP contribution in [-0.2, 0) is 0 Å². The fourth-order valence-electron chi connectivity index (χ4n) is 2.41. The molecule has 0 amide bonds. The molecule has 2 unspecified atom stereocenters. The molecule has 0 spiro atoms. The maximum Gasteiger partial charge on any atom is 0.335 e. The van der Waals surface area contributed by atoms with Crippen molar-refractivity contribution in [3.63, 3.8) is 0 Å². The van der Waals surface area contributed by atoms with E-state index in [9.17, 15) is 9.90 Å². The van der Waals surface area contributed by atoms with Gasteiger partial charge in [0.25, 0.3) is 0 Å². The molecule has 18 heavy (non-hydrogen) atoms. The van der Waals surface area contributed by atoms with Gasteiger partial charge in [0.1, 0.15) is 0 Å². The van der Waals surface area contributed by atoms with Crippen molar-refractivity contribution in [1.29, 1.82) is 0 Å². The average molecular weight is 314 g/mol. The maximum absolute atomic E-state index is 10.8. The number of hydrogen-bond acceptors (Lipinski definition) is 3. The zero-order valence-electron chi connectivity index (χ0n) is 9.90. The molecule has 0 aliphatic heterocycles. The number of halogens is 1. The molecule has 2 rings (SSSR count). The Labute approximate surface area is 114 Å². The minimum atomic E-state index is -0.934. The van der Waals surface area contributed by atoms with Crippen molar-refractivity contribution in [3.8, 4) is 0 Å². The van der Waals surface area contributed by atoms with Crippen LogP contribution in [0.3, 0.4) is 0 Å². The molecule has 0 radical (unpaired) electrons. The summed E-state index contributed by atoms with van der Waals surface area (Å²) in [5.74, 6) is -0.646. The van der Waals surface area contributed by atoms with Gasteiger partial charge in [-0.2, -0.15) is 0 Å². The number of anilines is 1. The van der Waals surface area contributed by atoms with Gasteiger partial charge >= 0.3 is 5.97 Å². The third-order valence-corrected chi connectivity index (χ3v) is 4.11. The van der Waals surface area contributed by atoms with E-state index in [4.69, 9.17) is 5.11 Å². The number of nitrogens with one attached hydrogen (secondary N) is 1. The zero-order valence-corrected chi connectivity index (χ0v) is 11.5. The third kappa shape index (κ3) is 2.84. The standard InChI is InChI=1S/C13H16BrNO3/c14-10-6-8(13(17)18)4-5-12(10)15-11-3-1-2-9(11)7-16/h4-6,9,11,15-16H,1-3,7H2,(H,17,18). The monoisotopic (exact) mass is 313 g/mol. The molecule has 0 heterocycles. The van der Waals surface area contributed by atoms with Gasteiger partial charge in [0.15, 0.2) is 0 Å². The molecular formula is C13H16BrNO3. The van der Waals surface area contributed by atoms with Crippen LogP contribution in [0.15, 0.2) is 22.7 Å². The summed E-state index contributed by atoms with van der Waals surface area (Å²) in [7, 11) is 0. The van der Waals surface area contributed by atoms with Gasteiger partial charge in [0.05, 0.1) is 5.56 Å². The molecule has 1 fully saturated rings. The zero-order chi connectivity index (χ0) is 13.1. The van der Waals surface area contributed by atoms with Crippen molar-refractivity contribution < 1.29 is 15.0 Å². The quantitative estimate of drug-likeness (QED) is 0.799. The van der Waals surface area contributed by atoms with Crippen LogP contribution in [-0.4, -0.2) is 28.8 Å². The van der Waals surface area contributed by atoms with E-state index in [0.717, 1.165) is 29.4 Å². The average Bonchev–Trinajstić information content (AvgIpc) is 2.78. The lowest BCUT2D eigenvalue weighted by molar-refractivity contribution is 0.0697. The Morgan fingerprint density at radius 2 is 2.22 bits per heavy atom. The van der Waals surface area contributed by atoms with Gasteiger partial charge in [-0.1, -0.05) is 6.42 Å². The summed E-state index contributed by atoms with van der Waals surface area (Å²) in [6.45, 7) is 0.197. The fourth-order valence-corrected chi connectivity index (χ4v) is 2.90. The van der Waals surface area contributed by atoms with Crippen molar-refractivity contribution >= 4 is 27.6 Å². The Morgan fingerprint density at radius 1 is 1.44 bits per heavy atom. The molecule has 1 saturated carbocycles. The SMILES string of the molecule is O=C(O)c1ccc(NC2CCCC2CO)c(Br)c1. The number of aliphatic hydroxyl groups excluding tert-OH is 1. The van der Waals surface area contributed by atoms with Gasteiger partial charge in [0.2, 0.25) is 0 Å². The minimum Gasteiger partial charge on any atom is -0.478 e. The summed E-state index contributed by atoms with van der Waals surface area (Å²) < 4.78 is 0.742. The predicted molar refractivity (Wildman–Crippen MR) is 72.9 cm³/mol. The molecule has 5 heteroatoms. The topological polar surface area (TPSA) is 69.6 Å². The molecule has 98 valence electrons. The molecule has 0 saturated heterocycles. The molecule has 1 aliphatic rings. The van der Waals surface area contributed by atoms with Crippen LogP contribution in [0, 0.1) is 5.92 Å². The first-order valence-electron chi connectivity index (χ1n) is 6.02. The molecule has 1 aromatic carbocycles. The van der Waals surface area contributed by atoms with E-state index < -0.39 is 5.97 Å². The molecule has 2 atom stereocenters. The first-order valence-corrected chi connectivity index (χ1v) is 6.81.